The summed E-state index contributed by atoms with van der Waals surface area (Å²) < 4.78 is 31.1. The molecule has 2 unspecified atom stereocenters. The van der Waals surface area contributed by atoms with E-state index in [-0.39, 0.29) is 18.6 Å². The molecule has 1 aromatic carbocycles. The molecular formula is C23H32N6O3S. The van der Waals surface area contributed by atoms with Gasteiger partial charge in [-0.3, -0.25) is 4.90 Å². The van der Waals surface area contributed by atoms with Crippen LogP contribution in [0.4, 0.5) is 5.82 Å². The number of nitrogens with zero attached hydrogens (tertiary/aromatic N) is 4. The molecule has 3 heterocycles. The number of anilines is 1. The van der Waals surface area contributed by atoms with E-state index in [0.717, 1.165) is 48.3 Å². The lowest BCUT2D eigenvalue weighted by atomic mass is 9.99. The van der Waals surface area contributed by atoms with E-state index in [1.807, 2.05) is 12.1 Å². The summed E-state index contributed by atoms with van der Waals surface area (Å²) in [6.45, 7) is 7.35. The van der Waals surface area contributed by atoms with Gasteiger partial charge in [0.15, 0.2) is 11.6 Å². The monoisotopic (exact) mass is 472 g/mol. The minimum atomic E-state index is -3.24. The zero-order valence-corrected chi connectivity index (χ0v) is 20.4. The van der Waals surface area contributed by atoms with E-state index in [9.17, 15) is 8.42 Å². The number of ether oxygens (including phenoxy) is 1. The van der Waals surface area contributed by atoms with Crippen molar-refractivity contribution in [1.82, 2.24) is 24.6 Å². The Labute approximate surface area is 195 Å². The second-order valence-corrected chi connectivity index (χ2v) is 10.4. The predicted octanol–water partition coefficient (Wildman–Crippen LogP) is 2.68. The average Bonchev–Trinajstić information content (AvgIpc) is 3.21. The Morgan fingerprint density at radius 1 is 1.33 bits per heavy atom. The molecule has 1 aliphatic rings. The highest BCUT2D eigenvalue weighted by Crippen LogP contribution is 2.34. The Morgan fingerprint density at radius 2 is 2.15 bits per heavy atom. The van der Waals surface area contributed by atoms with Crippen LogP contribution in [0.25, 0.3) is 10.9 Å². The van der Waals surface area contributed by atoms with E-state index in [0.29, 0.717) is 5.75 Å². The largest absolute Gasteiger partial charge is 0.491 e. The predicted molar refractivity (Wildman–Crippen MR) is 130 cm³/mol. The number of aromatic amines is 1. The average molecular weight is 473 g/mol. The lowest BCUT2D eigenvalue weighted by molar-refractivity contribution is 0.160. The molecule has 178 valence electrons. The lowest BCUT2D eigenvalue weighted by Crippen LogP contribution is -2.53. The van der Waals surface area contributed by atoms with Crippen molar-refractivity contribution in [2.24, 2.45) is 0 Å². The fourth-order valence-electron chi connectivity index (χ4n) is 4.72. The number of H-pyrrole nitrogens is 1. The molecule has 2 atom stereocenters. The second-order valence-electron chi connectivity index (χ2n) is 8.59. The van der Waals surface area contributed by atoms with E-state index in [1.54, 1.807) is 19.6 Å². The van der Waals surface area contributed by atoms with Crippen LogP contribution in [0.2, 0.25) is 0 Å². The van der Waals surface area contributed by atoms with Gasteiger partial charge in [-0.1, -0.05) is 13.0 Å². The minimum Gasteiger partial charge on any atom is -0.491 e. The maximum Gasteiger partial charge on any atom is 0.209 e. The second kappa shape index (κ2) is 9.66. The van der Waals surface area contributed by atoms with Gasteiger partial charge in [-0.2, -0.15) is 0 Å². The van der Waals surface area contributed by atoms with E-state index in [2.05, 4.69) is 55.6 Å². The van der Waals surface area contributed by atoms with Crippen molar-refractivity contribution >= 4 is 26.7 Å². The van der Waals surface area contributed by atoms with E-state index in [1.165, 1.54) is 11.8 Å². The highest BCUT2D eigenvalue weighted by molar-refractivity contribution is 7.88. The number of hydrogen-bond donors (Lipinski definition) is 2. The summed E-state index contributed by atoms with van der Waals surface area (Å²) in [6.07, 6.45) is 7.52. The van der Waals surface area contributed by atoms with Crippen LogP contribution in [0.15, 0.2) is 36.9 Å². The lowest BCUT2D eigenvalue weighted by Gasteiger charge is -2.43. The molecule has 0 radical (unpaired) electrons. The highest BCUT2D eigenvalue weighted by Gasteiger charge is 2.31. The summed E-state index contributed by atoms with van der Waals surface area (Å²) in [7, 11) is -1.59. The molecular weight excluding hydrogens is 440 g/mol. The Morgan fingerprint density at radius 3 is 2.85 bits per heavy atom. The Balaban J connectivity index is 1.55. The van der Waals surface area contributed by atoms with Crippen LogP contribution >= 0.6 is 0 Å². The van der Waals surface area contributed by atoms with Gasteiger partial charge in [-0.05, 0) is 36.6 Å². The molecule has 1 saturated heterocycles. The summed E-state index contributed by atoms with van der Waals surface area (Å²) in [6, 6.07) is 6.59. The van der Waals surface area contributed by atoms with Crippen LogP contribution in [0.5, 0.6) is 5.75 Å². The normalized spacial score (nSPS) is 18.5. The summed E-state index contributed by atoms with van der Waals surface area (Å²) in [5, 5.41) is 1.14. The molecule has 2 N–H and O–H groups in total. The molecule has 33 heavy (non-hydrogen) atoms. The van der Waals surface area contributed by atoms with E-state index >= 15 is 0 Å². The maximum absolute atomic E-state index is 11.5. The first-order valence-corrected chi connectivity index (χ1v) is 13.1. The van der Waals surface area contributed by atoms with Gasteiger partial charge in [0.1, 0.15) is 6.33 Å². The standard InChI is InChI=1S/C23H32N6O3S/c1-5-21(19-12-25-20-7-6-17(10-18(19)20)11-27-33(4,30)31)28-8-9-29(16(2)14-28)23-22(32-3)13-24-15-26-23/h6-7,10,12-13,15-16,21,25,27H,5,8-9,11,14H2,1-4H3. The van der Waals surface area contributed by atoms with Crippen molar-refractivity contribution in [3.05, 3.63) is 48.0 Å². The molecule has 1 aliphatic heterocycles. The minimum absolute atomic E-state index is 0.258. The Bertz CT molecular complexity index is 1210. The number of fused-ring (bicyclic) bond motifs is 1. The van der Waals surface area contributed by atoms with Crippen LogP contribution in [0.1, 0.15) is 37.4 Å². The van der Waals surface area contributed by atoms with Crippen molar-refractivity contribution in [3.8, 4) is 5.75 Å². The first kappa shape index (κ1) is 23.5. The number of piperazine rings is 1. The highest BCUT2D eigenvalue weighted by atomic mass is 32.2. The molecule has 3 aromatic rings. The van der Waals surface area contributed by atoms with Crippen LogP contribution in [0, 0.1) is 0 Å². The zero-order chi connectivity index (χ0) is 23.6. The zero-order valence-electron chi connectivity index (χ0n) is 19.6. The molecule has 4 rings (SSSR count). The molecule has 0 amide bonds. The molecule has 0 bridgehead atoms. The maximum atomic E-state index is 11.5. The number of benzene rings is 1. The molecule has 1 fully saturated rings. The Kier molecular flexibility index (Phi) is 6.87. The van der Waals surface area contributed by atoms with Crippen molar-refractivity contribution in [2.45, 2.75) is 38.9 Å². The number of aromatic nitrogens is 3. The van der Waals surface area contributed by atoms with Crippen molar-refractivity contribution in [2.75, 3.05) is 37.9 Å². The number of methoxy groups -OCH3 is 1. The fraction of sp³-hybridized carbons (Fsp3) is 0.478. The third-order valence-corrected chi connectivity index (χ3v) is 6.98. The van der Waals surface area contributed by atoms with Gasteiger partial charge in [0.05, 0.1) is 19.6 Å². The number of sulfonamides is 1. The molecule has 0 saturated carbocycles. The summed E-state index contributed by atoms with van der Waals surface area (Å²) in [4.78, 5) is 16.7. The van der Waals surface area contributed by atoms with Crippen molar-refractivity contribution < 1.29 is 13.2 Å². The first-order chi connectivity index (χ1) is 15.8. The summed E-state index contributed by atoms with van der Waals surface area (Å²) in [5.41, 5.74) is 3.25. The summed E-state index contributed by atoms with van der Waals surface area (Å²) in [5.74, 6) is 1.53. The van der Waals surface area contributed by atoms with Crippen LogP contribution in [-0.4, -0.2) is 67.3 Å². The van der Waals surface area contributed by atoms with Crippen LogP contribution in [-0.2, 0) is 16.6 Å². The van der Waals surface area contributed by atoms with Gasteiger partial charge >= 0.3 is 0 Å². The molecule has 0 aliphatic carbocycles. The molecule has 9 nitrogen and oxygen atoms in total. The first-order valence-electron chi connectivity index (χ1n) is 11.2. The van der Waals surface area contributed by atoms with Gasteiger partial charge < -0.3 is 14.6 Å². The van der Waals surface area contributed by atoms with Gasteiger partial charge in [-0.25, -0.2) is 23.1 Å². The van der Waals surface area contributed by atoms with Gasteiger partial charge in [0.2, 0.25) is 10.0 Å². The number of hydrogen-bond acceptors (Lipinski definition) is 7. The van der Waals surface area contributed by atoms with Gasteiger partial charge in [0.25, 0.3) is 0 Å². The quantitative estimate of drug-likeness (QED) is 0.519. The third-order valence-electron chi connectivity index (χ3n) is 6.31. The smallest absolute Gasteiger partial charge is 0.209 e. The van der Waals surface area contributed by atoms with E-state index < -0.39 is 10.0 Å². The molecule has 2 aromatic heterocycles. The van der Waals surface area contributed by atoms with Crippen LogP contribution in [0.3, 0.4) is 0 Å². The SMILES string of the molecule is CCC(c1c[nH]c2ccc(CNS(C)(=O)=O)cc12)N1CCN(c2ncncc2OC)C(C)C1. The molecule has 0 spiro atoms. The van der Waals surface area contributed by atoms with E-state index in [4.69, 9.17) is 4.74 Å². The summed E-state index contributed by atoms with van der Waals surface area (Å²) >= 11 is 0. The van der Waals surface area contributed by atoms with Gasteiger partial charge in [-0.15, -0.1) is 0 Å². The molecule has 10 heteroatoms. The third kappa shape index (κ3) is 5.13. The van der Waals surface area contributed by atoms with Crippen molar-refractivity contribution in [3.63, 3.8) is 0 Å². The topological polar surface area (TPSA) is 103 Å². The number of rotatable bonds is 8. The number of nitrogens with one attached hydrogen (secondary N) is 2. The van der Waals surface area contributed by atoms with Crippen molar-refractivity contribution in [1.29, 1.82) is 0 Å². The Hall–Kier alpha value is -2.69. The van der Waals surface area contributed by atoms with Gasteiger partial charge in [0, 0.05) is 55.4 Å². The fourth-order valence-corrected chi connectivity index (χ4v) is 5.15. The van der Waals surface area contributed by atoms with Crippen LogP contribution < -0.4 is 14.4 Å².